The lowest BCUT2D eigenvalue weighted by Crippen LogP contribution is -2.54. The van der Waals surface area contributed by atoms with Crippen molar-refractivity contribution in [3.8, 4) is 5.75 Å². The first-order chi connectivity index (χ1) is 13.3. The molecule has 0 bridgehead atoms. The molecule has 0 aliphatic carbocycles. The molecule has 1 amide bonds. The van der Waals surface area contributed by atoms with Crippen LogP contribution < -0.4 is 0 Å². The first-order valence-electron chi connectivity index (χ1n) is 9.78. The molecule has 1 heterocycles. The summed E-state index contributed by atoms with van der Waals surface area (Å²) in [6.45, 7) is 3.67. The number of aliphatic hydroxyl groups is 1. The van der Waals surface area contributed by atoms with Crippen LogP contribution in [0.5, 0.6) is 5.75 Å². The van der Waals surface area contributed by atoms with Crippen molar-refractivity contribution >= 4 is 5.91 Å². The smallest absolute Gasteiger partial charge is 0.227 e. The molecule has 2 atom stereocenters. The van der Waals surface area contributed by atoms with Crippen LogP contribution >= 0.6 is 0 Å². The van der Waals surface area contributed by atoms with Crippen molar-refractivity contribution in [2.75, 3.05) is 33.7 Å². The van der Waals surface area contributed by atoms with Gasteiger partial charge in [0.05, 0.1) is 12.0 Å². The van der Waals surface area contributed by atoms with Gasteiger partial charge in [-0.2, -0.15) is 0 Å². The van der Waals surface area contributed by atoms with Gasteiger partial charge in [-0.05, 0) is 50.7 Å². The van der Waals surface area contributed by atoms with Gasteiger partial charge in [0, 0.05) is 25.6 Å². The minimum atomic E-state index is -1.07. The summed E-state index contributed by atoms with van der Waals surface area (Å²) in [6, 6.07) is 14.9. The van der Waals surface area contributed by atoms with E-state index in [-0.39, 0.29) is 17.6 Å². The van der Waals surface area contributed by atoms with E-state index in [1.54, 1.807) is 18.2 Å². The van der Waals surface area contributed by atoms with Crippen molar-refractivity contribution < 1.29 is 15.0 Å². The fourth-order valence-corrected chi connectivity index (χ4v) is 4.16. The van der Waals surface area contributed by atoms with Gasteiger partial charge in [-0.25, -0.2) is 0 Å². The number of carbonyl (C=O) groups excluding carboxylic acids is 1. The highest BCUT2D eigenvalue weighted by Gasteiger charge is 2.44. The molecule has 0 saturated carbocycles. The number of rotatable bonds is 5. The Bertz CT molecular complexity index is 836. The van der Waals surface area contributed by atoms with Crippen molar-refractivity contribution in [2.45, 2.75) is 25.4 Å². The first kappa shape index (κ1) is 20.4. The average molecular weight is 383 g/mol. The predicted octanol–water partition coefficient (Wildman–Crippen LogP) is 2.54. The average Bonchev–Trinajstić information content (AvgIpc) is 2.63. The Kier molecular flexibility index (Phi) is 6.06. The number of amides is 1. The molecule has 1 fully saturated rings. The summed E-state index contributed by atoms with van der Waals surface area (Å²) < 4.78 is 0. The molecule has 2 aromatic rings. The van der Waals surface area contributed by atoms with Crippen LogP contribution in [0.25, 0.3) is 0 Å². The summed E-state index contributed by atoms with van der Waals surface area (Å²) in [5.74, 6) is 0.0966. The summed E-state index contributed by atoms with van der Waals surface area (Å²) in [5.41, 5.74) is 1.81. The van der Waals surface area contributed by atoms with Gasteiger partial charge >= 0.3 is 0 Å². The third-order valence-electron chi connectivity index (χ3n) is 5.60. The number of hydrogen-bond acceptors (Lipinski definition) is 4. The highest BCUT2D eigenvalue weighted by molar-refractivity contribution is 5.79. The predicted molar refractivity (Wildman–Crippen MR) is 110 cm³/mol. The van der Waals surface area contributed by atoms with Crippen LogP contribution in [0.4, 0.5) is 0 Å². The van der Waals surface area contributed by atoms with Crippen molar-refractivity contribution in [1.82, 2.24) is 9.80 Å². The maximum Gasteiger partial charge on any atom is 0.227 e. The summed E-state index contributed by atoms with van der Waals surface area (Å²) in [7, 11) is 3.94. The Morgan fingerprint density at radius 1 is 1.21 bits per heavy atom. The monoisotopic (exact) mass is 382 g/mol. The molecule has 0 radical (unpaired) electrons. The number of aromatic hydroxyl groups is 1. The van der Waals surface area contributed by atoms with Crippen molar-refractivity contribution in [1.29, 1.82) is 0 Å². The molecular weight excluding hydrogens is 352 g/mol. The highest BCUT2D eigenvalue weighted by Crippen LogP contribution is 2.39. The molecule has 0 spiro atoms. The quantitative estimate of drug-likeness (QED) is 0.834. The number of nitrogens with zero attached hydrogens (tertiary/aromatic N) is 2. The molecule has 3 rings (SSSR count). The molecule has 28 heavy (non-hydrogen) atoms. The van der Waals surface area contributed by atoms with Crippen LogP contribution in [0.15, 0.2) is 48.5 Å². The Hall–Kier alpha value is -2.37. The molecule has 5 nitrogen and oxygen atoms in total. The van der Waals surface area contributed by atoms with Gasteiger partial charge in [0.1, 0.15) is 5.75 Å². The maximum absolute atomic E-state index is 12.9. The summed E-state index contributed by atoms with van der Waals surface area (Å²) in [6.07, 6.45) is 0.829. The van der Waals surface area contributed by atoms with E-state index in [1.807, 2.05) is 61.2 Å². The largest absolute Gasteiger partial charge is 0.508 e. The van der Waals surface area contributed by atoms with Crippen LogP contribution in [-0.4, -0.2) is 59.6 Å². The van der Waals surface area contributed by atoms with E-state index in [1.165, 1.54) is 0 Å². The van der Waals surface area contributed by atoms with Crippen LogP contribution in [0.1, 0.15) is 23.1 Å². The van der Waals surface area contributed by atoms with E-state index in [4.69, 9.17) is 0 Å². The molecule has 2 N–H and O–H groups in total. The Morgan fingerprint density at radius 3 is 2.64 bits per heavy atom. The Morgan fingerprint density at radius 2 is 1.96 bits per heavy atom. The number of aryl methyl sites for hydroxylation is 1. The molecular formula is C23H30N2O3. The van der Waals surface area contributed by atoms with Crippen LogP contribution in [0.3, 0.4) is 0 Å². The second kappa shape index (κ2) is 8.33. The zero-order valence-electron chi connectivity index (χ0n) is 16.9. The molecule has 2 unspecified atom stereocenters. The molecule has 2 aromatic carbocycles. The minimum Gasteiger partial charge on any atom is -0.508 e. The van der Waals surface area contributed by atoms with Crippen molar-refractivity contribution in [3.63, 3.8) is 0 Å². The number of benzene rings is 2. The van der Waals surface area contributed by atoms with Gasteiger partial charge in [0.2, 0.25) is 5.91 Å². The van der Waals surface area contributed by atoms with Crippen LogP contribution in [0.2, 0.25) is 0 Å². The molecule has 150 valence electrons. The second-order valence-corrected chi connectivity index (χ2v) is 8.19. The zero-order valence-corrected chi connectivity index (χ0v) is 16.9. The summed E-state index contributed by atoms with van der Waals surface area (Å²) >= 11 is 0. The molecule has 5 heteroatoms. The third-order valence-corrected chi connectivity index (χ3v) is 5.60. The summed E-state index contributed by atoms with van der Waals surface area (Å²) in [4.78, 5) is 16.8. The van der Waals surface area contributed by atoms with Crippen LogP contribution in [-0.2, 0) is 16.8 Å². The standard InChI is InChI=1S/C23H30N2O3/c1-17-6-4-7-18(12-17)13-22(27)25-11-10-23(28,20(16-25)15-24(2)3)19-8-5-9-21(26)14-19/h4-9,12,14,20,26,28H,10-11,13,15-16H2,1-3H3. The number of piperidine rings is 1. The van der Waals surface area contributed by atoms with Crippen molar-refractivity contribution in [2.24, 2.45) is 5.92 Å². The fraction of sp³-hybridized carbons (Fsp3) is 0.435. The number of phenolic OH excluding ortho intramolecular Hbond substituents is 1. The van der Waals surface area contributed by atoms with E-state index in [0.717, 1.165) is 11.1 Å². The first-order valence-corrected chi connectivity index (χ1v) is 9.78. The van der Waals surface area contributed by atoms with Crippen molar-refractivity contribution in [3.05, 3.63) is 65.2 Å². The van der Waals surface area contributed by atoms with Gasteiger partial charge < -0.3 is 20.0 Å². The zero-order chi connectivity index (χ0) is 20.3. The normalized spacial score (nSPS) is 22.5. The number of hydrogen-bond donors (Lipinski definition) is 2. The summed E-state index contributed by atoms with van der Waals surface area (Å²) in [5, 5.41) is 21.4. The van der Waals surface area contributed by atoms with Gasteiger partial charge in [0.15, 0.2) is 0 Å². The van der Waals surface area contributed by atoms with Gasteiger partial charge in [-0.1, -0.05) is 42.0 Å². The van der Waals surface area contributed by atoms with Gasteiger partial charge in [0.25, 0.3) is 0 Å². The Labute approximate surface area is 167 Å². The molecule has 1 aliphatic rings. The van der Waals surface area contributed by atoms with E-state index >= 15 is 0 Å². The van der Waals surface area contributed by atoms with Crippen LogP contribution in [0, 0.1) is 12.8 Å². The van der Waals surface area contributed by atoms with E-state index in [2.05, 4.69) is 0 Å². The lowest BCUT2D eigenvalue weighted by molar-refractivity contribution is -0.141. The second-order valence-electron chi connectivity index (χ2n) is 8.19. The van der Waals surface area contributed by atoms with Gasteiger partial charge in [-0.3, -0.25) is 4.79 Å². The molecule has 0 aromatic heterocycles. The fourth-order valence-electron chi connectivity index (χ4n) is 4.16. The van der Waals surface area contributed by atoms with E-state index in [0.29, 0.717) is 38.0 Å². The Balaban J connectivity index is 1.79. The van der Waals surface area contributed by atoms with E-state index < -0.39 is 5.60 Å². The third kappa shape index (κ3) is 4.54. The highest BCUT2D eigenvalue weighted by atomic mass is 16.3. The molecule has 1 aliphatic heterocycles. The molecule has 1 saturated heterocycles. The SMILES string of the molecule is Cc1cccc(CC(=O)N2CCC(O)(c3cccc(O)c3)C(CN(C)C)C2)c1. The lowest BCUT2D eigenvalue weighted by Gasteiger charge is -2.46. The number of carbonyl (C=O) groups is 1. The number of likely N-dealkylation sites (tertiary alicyclic amines) is 1. The lowest BCUT2D eigenvalue weighted by atomic mass is 9.75. The maximum atomic E-state index is 12.9. The van der Waals surface area contributed by atoms with E-state index in [9.17, 15) is 15.0 Å². The minimum absolute atomic E-state index is 0.0901. The topological polar surface area (TPSA) is 64.0 Å². The number of phenols is 1. The van der Waals surface area contributed by atoms with Gasteiger partial charge in [-0.15, -0.1) is 0 Å².